The summed E-state index contributed by atoms with van der Waals surface area (Å²) in [4.78, 5) is 23.9. The maximum atomic E-state index is 12.0. The number of morpholine rings is 1. The standard InChI is InChI=1S/C33H42N6O3/c1-22-28(19-30(40)41)32(38-11-8-33(3,4)9-12-38)31(23(2)35-22)25-5-6-26-21-39(10-7-24(26)17-25)27-18-29(36-34-20-27)37-13-15-42-16-14-37/h5-6,17-18,20H,7-16,19,21H2,1-4H3,(H,40,41). The molecule has 3 aliphatic heterocycles. The molecule has 2 saturated heterocycles. The van der Waals surface area contributed by atoms with Gasteiger partial charge < -0.3 is 24.5 Å². The highest BCUT2D eigenvalue weighted by Gasteiger charge is 2.31. The highest BCUT2D eigenvalue weighted by molar-refractivity contribution is 5.86. The summed E-state index contributed by atoms with van der Waals surface area (Å²) in [5.74, 6) is 0.0892. The third-order valence-electron chi connectivity index (χ3n) is 9.25. The number of pyridine rings is 1. The molecule has 0 atom stereocenters. The topological polar surface area (TPSA) is 94.9 Å². The molecule has 5 heterocycles. The zero-order valence-corrected chi connectivity index (χ0v) is 25.3. The van der Waals surface area contributed by atoms with E-state index < -0.39 is 5.97 Å². The molecule has 2 aromatic heterocycles. The summed E-state index contributed by atoms with van der Waals surface area (Å²) < 4.78 is 5.50. The van der Waals surface area contributed by atoms with Crippen LogP contribution in [0.3, 0.4) is 0 Å². The van der Waals surface area contributed by atoms with Crippen molar-refractivity contribution in [1.82, 2.24) is 15.2 Å². The van der Waals surface area contributed by atoms with Crippen LogP contribution in [0.5, 0.6) is 0 Å². The first-order valence-corrected chi connectivity index (χ1v) is 15.2. The normalized spacial score (nSPS) is 18.6. The Morgan fingerprint density at radius 1 is 0.952 bits per heavy atom. The first-order valence-electron chi connectivity index (χ1n) is 15.2. The molecule has 0 radical (unpaired) electrons. The number of anilines is 3. The number of rotatable bonds is 6. The number of nitrogens with zero attached hydrogens (tertiary/aromatic N) is 6. The van der Waals surface area contributed by atoms with Crippen molar-refractivity contribution in [2.45, 2.75) is 59.9 Å². The minimum atomic E-state index is -0.818. The number of aromatic nitrogens is 3. The lowest BCUT2D eigenvalue weighted by molar-refractivity contribution is -0.136. The molecule has 3 aliphatic rings. The first-order chi connectivity index (χ1) is 20.2. The Kier molecular flexibility index (Phi) is 7.79. The average molecular weight is 571 g/mol. The fraction of sp³-hybridized carbons (Fsp3) is 0.515. The van der Waals surface area contributed by atoms with Crippen LogP contribution in [0, 0.1) is 19.3 Å². The molecule has 0 saturated carbocycles. The van der Waals surface area contributed by atoms with Gasteiger partial charge in [-0.3, -0.25) is 9.78 Å². The number of aliphatic carboxylic acids is 1. The number of aryl methyl sites for hydroxylation is 2. The van der Waals surface area contributed by atoms with E-state index in [1.165, 1.54) is 11.1 Å². The summed E-state index contributed by atoms with van der Waals surface area (Å²) in [5, 5.41) is 18.5. The third kappa shape index (κ3) is 5.79. The van der Waals surface area contributed by atoms with Gasteiger partial charge in [0.2, 0.25) is 0 Å². The van der Waals surface area contributed by atoms with Crippen LogP contribution in [0.4, 0.5) is 17.2 Å². The van der Waals surface area contributed by atoms with Crippen molar-refractivity contribution in [3.8, 4) is 11.1 Å². The SMILES string of the molecule is Cc1nc(C)c(-c2ccc3c(c2)CCN(c2cnnc(N4CCOCC4)c2)C3)c(N2CCC(C)(C)CC2)c1CC(=O)O. The second kappa shape index (κ2) is 11.5. The number of carboxylic acids is 1. The molecule has 0 unspecified atom stereocenters. The van der Waals surface area contributed by atoms with Gasteiger partial charge >= 0.3 is 5.97 Å². The van der Waals surface area contributed by atoms with E-state index in [1.807, 2.05) is 13.1 Å². The van der Waals surface area contributed by atoms with E-state index in [4.69, 9.17) is 9.72 Å². The Morgan fingerprint density at radius 3 is 2.45 bits per heavy atom. The molecule has 9 nitrogen and oxygen atoms in total. The minimum Gasteiger partial charge on any atom is -0.481 e. The van der Waals surface area contributed by atoms with Gasteiger partial charge in [-0.1, -0.05) is 32.0 Å². The van der Waals surface area contributed by atoms with Crippen molar-refractivity contribution >= 4 is 23.2 Å². The van der Waals surface area contributed by atoms with E-state index in [2.05, 4.69) is 69.9 Å². The molecule has 0 amide bonds. The number of hydrogen-bond acceptors (Lipinski definition) is 8. The predicted molar refractivity (Wildman–Crippen MR) is 166 cm³/mol. The van der Waals surface area contributed by atoms with Crippen LogP contribution >= 0.6 is 0 Å². The highest BCUT2D eigenvalue weighted by Crippen LogP contribution is 2.42. The monoisotopic (exact) mass is 570 g/mol. The summed E-state index contributed by atoms with van der Waals surface area (Å²) in [7, 11) is 0. The Balaban J connectivity index is 1.32. The number of hydrogen-bond donors (Lipinski definition) is 1. The molecule has 2 fully saturated rings. The van der Waals surface area contributed by atoms with Crippen molar-refractivity contribution in [2.75, 3.05) is 60.6 Å². The van der Waals surface area contributed by atoms with Gasteiger partial charge in [-0.25, -0.2) is 0 Å². The number of carboxylic acid groups (broad SMARTS) is 1. The summed E-state index contributed by atoms with van der Waals surface area (Å²) in [6.07, 6.45) is 4.92. The first kappa shape index (κ1) is 28.4. The van der Waals surface area contributed by atoms with Crippen molar-refractivity contribution in [2.24, 2.45) is 5.41 Å². The molecule has 42 heavy (non-hydrogen) atoms. The van der Waals surface area contributed by atoms with Crippen LogP contribution in [0.2, 0.25) is 0 Å². The lowest BCUT2D eigenvalue weighted by Gasteiger charge is -2.40. The van der Waals surface area contributed by atoms with Gasteiger partial charge in [0.25, 0.3) is 0 Å². The van der Waals surface area contributed by atoms with E-state index in [9.17, 15) is 9.90 Å². The molecule has 1 N–H and O–H groups in total. The van der Waals surface area contributed by atoms with Gasteiger partial charge in [-0.2, -0.15) is 5.10 Å². The van der Waals surface area contributed by atoms with E-state index >= 15 is 0 Å². The number of benzene rings is 1. The van der Waals surface area contributed by atoms with Crippen molar-refractivity contribution in [3.63, 3.8) is 0 Å². The van der Waals surface area contributed by atoms with Gasteiger partial charge in [0.15, 0.2) is 5.82 Å². The number of ether oxygens (including phenoxy) is 1. The summed E-state index contributed by atoms with van der Waals surface area (Å²) >= 11 is 0. The molecule has 222 valence electrons. The Bertz CT molecular complexity index is 1470. The van der Waals surface area contributed by atoms with Gasteiger partial charge in [0.1, 0.15) is 0 Å². The summed E-state index contributed by atoms with van der Waals surface area (Å²) in [5.41, 5.74) is 9.91. The fourth-order valence-electron chi connectivity index (χ4n) is 6.66. The van der Waals surface area contributed by atoms with E-state index in [0.717, 1.165) is 117 Å². The number of piperidine rings is 1. The molecular weight excluding hydrogens is 528 g/mol. The highest BCUT2D eigenvalue weighted by atomic mass is 16.5. The average Bonchev–Trinajstić information content (AvgIpc) is 2.98. The molecule has 9 heteroatoms. The lowest BCUT2D eigenvalue weighted by atomic mass is 9.82. The van der Waals surface area contributed by atoms with Crippen LogP contribution in [0.1, 0.15) is 54.8 Å². The van der Waals surface area contributed by atoms with Crippen LogP contribution in [0.25, 0.3) is 11.1 Å². The largest absolute Gasteiger partial charge is 0.481 e. The van der Waals surface area contributed by atoms with Gasteiger partial charge in [-0.05, 0) is 55.2 Å². The number of fused-ring (bicyclic) bond motifs is 1. The van der Waals surface area contributed by atoms with Crippen LogP contribution in [0.15, 0.2) is 30.5 Å². The Hall–Kier alpha value is -3.72. The van der Waals surface area contributed by atoms with Crippen LogP contribution < -0.4 is 14.7 Å². The number of carbonyl (C=O) groups is 1. The molecule has 0 spiro atoms. The predicted octanol–water partition coefficient (Wildman–Crippen LogP) is 4.81. The molecule has 0 bridgehead atoms. The van der Waals surface area contributed by atoms with Crippen molar-refractivity contribution in [1.29, 1.82) is 0 Å². The van der Waals surface area contributed by atoms with E-state index in [-0.39, 0.29) is 6.42 Å². The van der Waals surface area contributed by atoms with E-state index in [0.29, 0.717) is 5.41 Å². The Labute approximate surface area is 248 Å². The van der Waals surface area contributed by atoms with E-state index in [1.54, 1.807) is 0 Å². The Morgan fingerprint density at radius 2 is 1.71 bits per heavy atom. The van der Waals surface area contributed by atoms with Gasteiger partial charge in [0, 0.05) is 67.8 Å². The maximum absolute atomic E-state index is 12.0. The summed E-state index contributed by atoms with van der Waals surface area (Å²) in [6.45, 7) is 15.3. The summed E-state index contributed by atoms with van der Waals surface area (Å²) in [6, 6.07) is 8.91. The second-order valence-electron chi connectivity index (χ2n) is 12.7. The third-order valence-corrected chi connectivity index (χ3v) is 9.25. The quantitative estimate of drug-likeness (QED) is 0.448. The van der Waals surface area contributed by atoms with Crippen molar-refractivity contribution < 1.29 is 14.6 Å². The fourth-order valence-corrected chi connectivity index (χ4v) is 6.66. The van der Waals surface area contributed by atoms with Gasteiger partial charge in [-0.15, -0.1) is 5.10 Å². The molecular formula is C33H42N6O3. The van der Waals surface area contributed by atoms with Crippen LogP contribution in [-0.4, -0.2) is 72.2 Å². The lowest BCUT2D eigenvalue weighted by Crippen LogP contribution is -2.38. The molecule has 3 aromatic rings. The smallest absolute Gasteiger partial charge is 0.307 e. The van der Waals surface area contributed by atoms with Gasteiger partial charge in [0.05, 0.1) is 37.2 Å². The zero-order valence-electron chi connectivity index (χ0n) is 25.3. The van der Waals surface area contributed by atoms with Crippen LogP contribution in [-0.2, 0) is 28.9 Å². The second-order valence-corrected chi connectivity index (χ2v) is 12.7. The maximum Gasteiger partial charge on any atom is 0.307 e. The zero-order chi connectivity index (χ0) is 29.4. The minimum absolute atomic E-state index is 0.0202. The molecule has 6 rings (SSSR count). The molecule has 0 aliphatic carbocycles. The molecule has 1 aromatic carbocycles. The van der Waals surface area contributed by atoms with Crippen molar-refractivity contribution in [3.05, 3.63) is 58.5 Å².